The van der Waals surface area contributed by atoms with E-state index < -0.39 is 0 Å². The van der Waals surface area contributed by atoms with E-state index >= 15 is 0 Å². The van der Waals surface area contributed by atoms with Gasteiger partial charge in [-0.25, -0.2) is 4.98 Å². The van der Waals surface area contributed by atoms with Crippen LogP contribution in [-0.2, 0) is 0 Å². The summed E-state index contributed by atoms with van der Waals surface area (Å²) >= 11 is 0. The SMILES string of the molecule is CN(C)C1CCN(c2ccc3oc(C=O)cc3n2)C1. The second-order valence-corrected chi connectivity index (χ2v) is 5.17. The van der Waals surface area contributed by atoms with Gasteiger partial charge < -0.3 is 14.2 Å². The standard InChI is InChI=1S/C14H17N3O2/c1-16(2)10-5-6-17(8-10)14-4-3-13-12(15-14)7-11(9-18)19-13/h3-4,7,9-10H,5-6,8H2,1-2H3. The molecule has 1 saturated heterocycles. The van der Waals surface area contributed by atoms with Crippen LogP contribution in [0.3, 0.4) is 0 Å². The van der Waals surface area contributed by atoms with Crippen molar-refractivity contribution >= 4 is 23.2 Å². The zero-order chi connectivity index (χ0) is 13.4. The summed E-state index contributed by atoms with van der Waals surface area (Å²) < 4.78 is 5.34. The first-order chi connectivity index (χ1) is 9.17. The molecule has 0 radical (unpaired) electrons. The first-order valence-corrected chi connectivity index (χ1v) is 6.44. The largest absolute Gasteiger partial charge is 0.452 e. The molecule has 1 unspecified atom stereocenters. The summed E-state index contributed by atoms with van der Waals surface area (Å²) in [6, 6.07) is 6.10. The zero-order valence-electron chi connectivity index (χ0n) is 11.2. The predicted octanol–water partition coefficient (Wildman–Crippen LogP) is 1.78. The summed E-state index contributed by atoms with van der Waals surface area (Å²) in [7, 11) is 4.22. The van der Waals surface area contributed by atoms with Gasteiger partial charge in [0, 0.05) is 25.2 Å². The van der Waals surface area contributed by atoms with Gasteiger partial charge in [-0.3, -0.25) is 4.79 Å². The Morgan fingerprint density at radius 1 is 1.47 bits per heavy atom. The van der Waals surface area contributed by atoms with E-state index in [1.807, 2.05) is 12.1 Å². The van der Waals surface area contributed by atoms with Crippen molar-refractivity contribution in [3.05, 3.63) is 24.0 Å². The maximum absolute atomic E-state index is 10.7. The highest BCUT2D eigenvalue weighted by Gasteiger charge is 2.25. The third kappa shape index (κ3) is 2.21. The van der Waals surface area contributed by atoms with Crippen molar-refractivity contribution in [1.29, 1.82) is 0 Å². The number of aromatic nitrogens is 1. The molecule has 1 aliphatic heterocycles. The van der Waals surface area contributed by atoms with Crippen LogP contribution in [0.15, 0.2) is 22.6 Å². The highest BCUT2D eigenvalue weighted by atomic mass is 16.3. The smallest absolute Gasteiger partial charge is 0.185 e. The third-order valence-corrected chi connectivity index (χ3v) is 3.71. The Hall–Kier alpha value is -1.88. The molecule has 3 rings (SSSR count). The monoisotopic (exact) mass is 259 g/mol. The number of pyridine rings is 1. The average Bonchev–Trinajstić information content (AvgIpc) is 3.04. The van der Waals surface area contributed by atoms with Crippen molar-refractivity contribution in [2.75, 3.05) is 32.1 Å². The number of hydrogen-bond donors (Lipinski definition) is 0. The molecule has 19 heavy (non-hydrogen) atoms. The summed E-state index contributed by atoms with van der Waals surface area (Å²) in [5, 5.41) is 0. The number of furan rings is 1. The molecule has 1 atom stereocenters. The van der Waals surface area contributed by atoms with Crippen LogP contribution in [-0.4, -0.2) is 49.4 Å². The van der Waals surface area contributed by atoms with Crippen molar-refractivity contribution in [1.82, 2.24) is 9.88 Å². The van der Waals surface area contributed by atoms with Gasteiger partial charge in [-0.2, -0.15) is 0 Å². The Labute approximate surface area is 111 Å². The Morgan fingerprint density at radius 3 is 3.00 bits per heavy atom. The molecule has 0 amide bonds. The number of anilines is 1. The van der Waals surface area contributed by atoms with Crippen molar-refractivity contribution in [2.45, 2.75) is 12.5 Å². The Balaban J connectivity index is 1.87. The topological polar surface area (TPSA) is 49.6 Å². The normalized spacial score (nSPS) is 19.5. The fourth-order valence-corrected chi connectivity index (χ4v) is 2.54. The van der Waals surface area contributed by atoms with Crippen molar-refractivity contribution in [2.24, 2.45) is 0 Å². The number of aldehydes is 1. The molecule has 5 nitrogen and oxygen atoms in total. The molecule has 1 aliphatic rings. The van der Waals surface area contributed by atoms with E-state index in [0.717, 1.165) is 30.8 Å². The lowest BCUT2D eigenvalue weighted by molar-refractivity contribution is 0.110. The highest BCUT2D eigenvalue weighted by molar-refractivity contribution is 5.83. The second kappa shape index (κ2) is 4.66. The van der Waals surface area contributed by atoms with Gasteiger partial charge in [0.2, 0.25) is 0 Å². The lowest BCUT2D eigenvalue weighted by atomic mass is 10.2. The van der Waals surface area contributed by atoms with E-state index in [9.17, 15) is 4.79 Å². The molecule has 0 saturated carbocycles. The van der Waals surface area contributed by atoms with E-state index in [4.69, 9.17) is 4.42 Å². The number of fused-ring (bicyclic) bond motifs is 1. The summed E-state index contributed by atoms with van der Waals surface area (Å²) in [6.45, 7) is 2.00. The molecule has 2 aromatic heterocycles. The maximum Gasteiger partial charge on any atom is 0.185 e. The van der Waals surface area contributed by atoms with E-state index in [1.165, 1.54) is 0 Å². The molecule has 1 fully saturated rings. The Kier molecular flexibility index (Phi) is 2.98. The molecule has 0 aliphatic carbocycles. The van der Waals surface area contributed by atoms with Crippen LogP contribution in [0.25, 0.3) is 11.1 Å². The lowest BCUT2D eigenvalue weighted by Crippen LogP contribution is -2.31. The predicted molar refractivity (Wildman–Crippen MR) is 73.7 cm³/mol. The van der Waals surface area contributed by atoms with Gasteiger partial charge in [0.15, 0.2) is 17.6 Å². The van der Waals surface area contributed by atoms with Crippen LogP contribution in [0.2, 0.25) is 0 Å². The van der Waals surface area contributed by atoms with Gasteiger partial charge in [-0.05, 0) is 32.6 Å². The molecule has 2 aromatic rings. The van der Waals surface area contributed by atoms with Crippen LogP contribution < -0.4 is 4.90 Å². The second-order valence-electron chi connectivity index (χ2n) is 5.17. The number of likely N-dealkylation sites (N-methyl/N-ethyl adjacent to an activating group) is 1. The lowest BCUT2D eigenvalue weighted by Gasteiger charge is -2.20. The molecule has 0 bridgehead atoms. The first kappa shape index (κ1) is 12.2. The van der Waals surface area contributed by atoms with Crippen molar-refractivity contribution in [3.63, 3.8) is 0 Å². The molecule has 100 valence electrons. The van der Waals surface area contributed by atoms with Gasteiger partial charge >= 0.3 is 0 Å². The number of carbonyl (C=O) groups is 1. The van der Waals surface area contributed by atoms with E-state index in [1.54, 1.807) is 6.07 Å². The molecule has 3 heterocycles. The number of rotatable bonds is 3. The fourth-order valence-electron chi connectivity index (χ4n) is 2.54. The maximum atomic E-state index is 10.7. The molecular formula is C14H17N3O2. The third-order valence-electron chi connectivity index (χ3n) is 3.71. The van der Waals surface area contributed by atoms with Crippen LogP contribution in [0.5, 0.6) is 0 Å². The minimum atomic E-state index is 0.326. The van der Waals surface area contributed by atoms with E-state index in [0.29, 0.717) is 23.7 Å². The summed E-state index contributed by atoms with van der Waals surface area (Å²) in [4.78, 5) is 19.8. The van der Waals surface area contributed by atoms with Crippen LogP contribution >= 0.6 is 0 Å². The van der Waals surface area contributed by atoms with Gasteiger partial charge in [0.25, 0.3) is 0 Å². The van der Waals surface area contributed by atoms with Crippen LogP contribution in [0, 0.1) is 0 Å². The van der Waals surface area contributed by atoms with Crippen molar-refractivity contribution in [3.8, 4) is 0 Å². The minimum Gasteiger partial charge on any atom is -0.452 e. The molecule has 0 aromatic carbocycles. The van der Waals surface area contributed by atoms with Gasteiger partial charge in [0.1, 0.15) is 11.3 Å². The molecular weight excluding hydrogens is 242 g/mol. The highest BCUT2D eigenvalue weighted by Crippen LogP contribution is 2.24. The molecule has 0 N–H and O–H groups in total. The fraction of sp³-hybridized carbons (Fsp3) is 0.429. The van der Waals surface area contributed by atoms with Crippen LogP contribution in [0.4, 0.5) is 5.82 Å². The van der Waals surface area contributed by atoms with E-state index in [-0.39, 0.29) is 0 Å². The van der Waals surface area contributed by atoms with Gasteiger partial charge in [-0.15, -0.1) is 0 Å². The van der Waals surface area contributed by atoms with Gasteiger partial charge in [-0.1, -0.05) is 0 Å². The zero-order valence-corrected chi connectivity index (χ0v) is 11.2. The number of hydrogen-bond acceptors (Lipinski definition) is 5. The first-order valence-electron chi connectivity index (χ1n) is 6.44. The number of nitrogens with zero attached hydrogens (tertiary/aromatic N) is 3. The molecule has 5 heteroatoms. The summed E-state index contributed by atoms with van der Waals surface area (Å²) in [6.07, 6.45) is 1.86. The summed E-state index contributed by atoms with van der Waals surface area (Å²) in [5.41, 5.74) is 1.40. The number of carbonyl (C=O) groups excluding carboxylic acids is 1. The average molecular weight is 259 g/mol. The quantitative estimate of drug-likeness (QED) is 0.786. The molecule has 0 spiro atoms. The Morgan fingerprint density at radius 2 is 2.32 bits per heavy atom. The van der Waals surface area contributed by atoms with Gasteiger partial charge in [0.05, 0.1) is 0 Å². The van der Waals surface area contributed by atoms with E-state index in [2.05, 4.69) is 28.9 Å². The van der Waals surface area contributed by atoms with Crippen LogP contribution in [0.1, 0.15) is 17.0 Å². The Bertz CT molecular complexity index is 606. The summed E-state index contributed by atoms with van der Waals surface area (Å²) in [5.74, 6) is 1.28. The van der Waals surface area contributed by atoms with Crippen molar-refractivity contribution < 1.29 is 9.21 Å². The minimum absolute atomic E-state index is 0.326.